The highest BCUT2D eigenvalue weighted by Gasteiger charge is 2.32. The number of fused-ring (bicyclic) bond motifs is 1. The summed E-state index contributed by atoms with van der Waals surface area (Å²) in [5.74, 6) is 0.671. The van der Waals surface area contributed by atoms with Crippen LogP contribution in [0.4, 0.5) is 0 Å². The van der Waals surface area contributed by atoms with Crippen molar-refractivity contribution in [1.29, 1.82) is 0 Å². The van der Waals surface area contributed by atoms with Crippen LogP contribution in [0.1, 0.15) is 55.7 Å². The number of ether oxygens (including phenoxy) is 2. The minimum absolute atomic E-state index is 0.151. The first-order chi connectivity index (χ1) is 15.2. The lowest BCUT2D eigenvalue weighted by Gasteiger charge is -2.25. The fourth-order valence-corrected chi connectivity index (χ4v) is 5.14. The van der Waals surface area contributed by atoms with Crippen molar-refractivity contribution < 1.29 is 14.3 Å². The van der Waals surface area contributed by atoms with Gasteiger partial charge in [0.1, 0.15) is 12.4 Å². The van der Waals surface area contributed by atoms with Gasteiger partial charge in [-0.05, 0) is 48.6 Å². The Kier molecular flexibility index (Phi) is 7.23. The molecule has 0 saturated heterocycles. The molecule has 0 N–H and O–H groups in total. The topological polar surface area (TPSA) is 48.4 Å². The Morgan fingerprint density at radius 2 is 1.84 bits per heavy atom. The van der Waals surface area contributed by atoms with Crippen LogP contribution >= 0.6 is 15.9 Å². The van der Waals surface area contributed by atoms with Crippen molar-refractivity contribution in [1.82, 2.24) is 4.98 Å². The molecule has 0 radical (unpaired) electrons. The molecule has 1 aliphatic carbocycles. The maximum Gasteiger partial charge on any atom is 0.313 e. The summed E-state index contributed by atoms with van der Waals surface area (Å²) in [4.78, 5) is 17.4. The van der Waals surface area contributed by atoms with E-state index in [0.29, 0.717) is 12.5 Å². The Bertz CT molecular complexity index is 1040. The van der Waals surface area contributed by atoms with Crippen molar-refractivity contribution in [2.45, 2.75) is 51.0 Å². The molecule has 5 heteroatoms. The lowest BCUT2D eigenvalue weighted by molar-refractivity contribution is -0.144. The molecule has 1 fully saturated rings. The van der Waals surface area contributed by atoms with Crippen LogP contribution < -0.4 is 4.74 Å². The van der Waals surface area contributed by atoms with Gasteiger partial charge in [0.2, 0.25) is 0 Å². The van der Waals surface area contributed by atoms with E-state index in [-0.39, 0.29) is 11.9 Å². The third-order valence-electron chi connectivity index (χ3n) is 6.18. The number of aromatic nitrogens is 1. The van der Waals surface area contributed by atoms with Crippen LogP contribution in [0.5, 0.6) is 5.75 Å². The Labute approximate surface area is 192 Å². The van der Waals surface area contributed by atoms with Gasteiger partial charge in [-0.25, -0.2) is 4.98 Å². The third-order valence-corrected chi connectivity index (χ3v) is 6.86. The van der Waals surface area contributed by atoms with Crippen molar-refractivity contribution in [3.63, 3.8) is 0 Å². The second-order valence-electron chi connectivity index (χ2n) is 8.22. The van der Waals surface area contributed by atoms with Gasteiger partial charge in [0.05, 0.1) is 24.2 Å². The summed E-state index contributed by atoms with van der Waals surface area (Å²) >= 11 is 3.69. The number of hydrogen-bond donors (Lipinski definition) is 0. The van der Waals surface area contributed by atoms with Crippen molar-refractivity contribution >= 4 is 32.8 Å². The molecule has 0 bridgehead atoms. The van der Waals surface area contributed by atoms with Crippen LogP contribution in [0.2, 0.25) is 0 Å². The number of nitrogens with zero attached hydrogens (tertiary/aromatic N) is 1. The van der Waals surface area contributed by atoms with Gasteiger partial charge in [-0.2, -0.15) is 0 Å². The summed E-state index contributed by atoms with van der Waals surface area (Å²) < 4.78 is 12.1. The zero-order valence-electron chi connectivity index (χ0n) is 17.9. The average molecular weight is 482 g/mol. The predicted octanol–water partition coefficient (Wildman–Crippen LogP) is 6.80. The minimum Gasteiger partial charge on any atom is -0.487 e. The lowest BCUT2D eigenvalue weighted by atomic mass is 9.81. The third kappa shape index (κ3) is 5.27. The Morgan fingerprint density at radius 1 is 1.06 bits per heavy atom. The number of halogens is 1. The van der Waals surface area contributed by atoms with E-state index in [4.69, 9.17) is 9.47 Å². The van der Waals surface area contributed by atoms with Gasteiger partial charge in [-0.1, -0.05) is 71.9 Å². The molecule has 1 unspecified atom stereocenters. The fraction of sp³-hybridized carbons (Fsp3) is 0.385. The summed E-state index contributed by atoms with van der Waals surface area (Å²) in [7, 11) is 1.48. The Balaban J connectivity index is 1.50. The van der Waals surface area contributed by atoms with Gasteiger partial charge in [-0.3, -0.25) is 4.79 Å². The van der Waals surface area contributed by atoms with E-state index >= 15 is 0 Å². The van der Waals surface area contributed by atoms with E-state index in [2.05, 4.69) is 33.0 Å². The van der Waals surface area contributed by atoms with Crippen molar-refractivity contribution in [2.75, 3.05) is 7.11 Å². The molecule has 0 spiro atoms. The molecule has 31 heavy (non-hydrogen) atoms. The van der Waals surface area contributed by atoms with Gasteiger partial charge in [0.15, 0.2) is 0 Å². The Hall–Kier alpha value is -2.40. The van der Waals surface area contributed by atoms with E-state index in [9.17, 15) is 4.79 Å². The van der Waals surface area contributed by atoms with Crippen molar-refractivity contribution in [3.05, 3.63) is 70.3 Å². The maximum absolute atomic E-state index is 12.7. The van der Waals surface area contributed by atoms with Crippen LogP contribution in [-0.2, 0) is 16.1 Å². The number of rotatable bonds is 6. The normalized spacial score (nSPS) is 15.9. The summed E-state index contributed by atoms with van der Waals surface area (Å²) in [5, 5.41) is 1.12. The highest BCUT2D eigenvalue weighted by Crippen LogP contribution is 2.40. The second kappa shape index (κ2) is 10.3. The largest absolute Gasteiger partial charge is 0.487 e. The monoisotopic (exact) mass is 481 g/mol. The molecular weight excluding hydrogens is 454 g/mol. The second-order valence-corrected chi connectivity index (χ2v) is 9.07. The van der Waals surface area contributed by atoms with Gasteiger partial charge in [0.25, 0.3) is 0 Å². The molecule has 4 rings (SSSR count). The van der Waals surface area contributed by atoms with E-state index < -0.39 is 0 Å². The van der Waals surface area contributed by atoms with E-state index in [0.717, 1.165) is 45.2 Å². The van der Waals surface area contributed by atoms with Gasteiger partial charge in [-0.15, -0.1) is 0 Å². The fourth-order valence-electron chi connectivity index (χ4n) is 4.54. The molecule has 0 amide bonds. The van der Waals surface area contributed by atoms with Crippen LogP contribution in [0, 0.1) is 5.92 Å². The molecule has 2 aromatic carbocycles. The minimum atomic E-state index is -0.242. The van der Waals surface area contributed by atoms with Crippen LogP contribution in [0.3, 0.4) is 0 Å². The molecule has 0 aliphatic heterocycles. The number of carbonyl (C=O) groups excluding carboxylic acids is 1. The highest BCUT2D eigenvalue weighted by atomic mass is 79.9. The number of hydrogen-bond acceptors (Lipinski definition) is 4. The number of carbonyl (C=O) groups is 1. The van der Waals surface area contributed by atoms with Crippen molar-refractivity contribution in [3.8, 4) is 5.75 Å². The molecule has 1 atom stereocenters. The van der Waals surface area contributed by atoms with Crippen LogP contribution in [0.25, 0.3) is 10.9 Å². The summed E-state index contributed by atoms with van der Waals surface area (Å²) in [6, 6.07) is 18.0. The molecule has 4 nitrogen and oxygen atoms in total. The molecule has 1 heterocycles. The van der Waals surface area contributed by atoms with Crippen LogP contribution in [-0.4, -0.2) is 18.1 Å². The standard InChI is InChI=1S/C26H28BrNO3/c1-30-26(29)25(19-9-4-2-3-5-10-19)22-15-14-21(16-23(22)27)31-17-20-13-12-18-8-6-7-11-24(18)28-20/h6-8,11-16,19,25H,2-5,9-10,17H2,1H3. The molecule has 1 aromatic heterocycles. The molecule has 162 valence electrons. The smallest absolute Gasteiger partial charge is 0.313 e. The first-order valence-electron chi connectivity index (χ1n) is 11.0. The number of pyridine rings is 1. The summed E-state index contributed by atoms with van der Waals surface area (Å²) in [5.41, 5.74) is 2.82. The lowest BCUT2D eigenvalue weighted by Crippen LogP contribution is -2.23. The maximum atomic E-state index is 12.7. The average Bonchev–Trinajstić information content (AvgIpc) is 3.08. The molecule has 1 saturated carbocycles. The number of methoxy groups -OCH3 is 1. The van der Waals surface area contributed by atoms with Gasteiger partial charge >= 0.3 is 5.97 Å². The number of esters is 1. The molecule has 3 aromatic rings. The summed E-state index contributed by atoms with van der Waals surface area (Å²) in [6.07, 6.45) is 6.99. The Morgan fingerprint density at radius 3 is 2.58 bits per heavy atom. The zero-order chi connectivity index (χ0) is 21.6. The van der Waals surface area contributed by atoms with Crippen LogP contribution in [0.15, 0.2) is 59.1 Å². The first kappa shape index (κ1) is 21.8. The molecule has 1 aliphatic rings. The quantitative estimate of drug-likeness (QED) is 0.286. The van der Waals surface area contributed by atoms with E-state index in [1.807, 2.05) is 42.5 Å². The summed E-state index contributed by atoms with van der Waals surface area (Å²) in [6.45, 7) is 0.389. The van der Waals surface area contributed by atoms with Gasteiger partial charge < -0.3 is 9.47 Å². The predicted molar refractivity (Wildman–Crippen MR) is 126 cm³/mol. The van der Waals surface area contributed by atoms with Crippen molar-refractivity contribution in [2.24, 2.45) is 5.92 Å². The SMILES string of the molecule is COC(=O)C(c1ccc(OCc2ccc3ccccc3n2)cc1Br)C1CCCCCC1. The molecular formula is C26H28BrNO3. The van der Waals surface area contributed by atoms with Gasteiger partial charge in [0, 0.05) is 9.86 Å². The highest BCUT2D eigenvalue weighted by molar-refractivity contribution is 9.10. The van der Waals surface area contributed by atoms with E-state index in [1.165, 1.54) is 32.8 Å². The van der Waals surface area contributed by atoms with E-state index in [1.54, 1.807) is 0 Å². The first-order valence-corrected chi connectivity index (χ1v) is 11.8. The number of benzene rings is 2. The zero-order valence-corrected chi connectivity index (χ0v) is 19.4. The number of para-hydroxylation sites is 1.